The van der Waals surface area contributed by atoms with E-state index >= 15 is 0 Å². The number of rotatable bonds is 4. The number of carbonyl (C=O) groups excluding carboxylic acids is 1. The Hall–Kier alpha value is -3.52. The zero-order chi connectivity index (χ0) is 19.8. The highest BCUT2D eigenvalue weighted by Crippen LogP contribution is 2.32. The van der Waals surface area contributed by atoms with Crippen molar-refractivity contribution in [3.05, 3.63) is 69.1 Å². The molecule has 0 spiro atoms. The van der Waals surface area contributed by atoms with Crippen LogP contribution in [0.5, 0.6) is 5.75 Å². The normalized spacial score (nSPS) is 10.9. The van der Waals surface area contributed by atoms with Crippen LogP contribution in [0.4, 0.5) is 11.4 Å². The molecule has 4 rings (SSSR count). The van der Waals surface area contributed by atoms with Crippen molar-refractivity contribution >= 4 is 49.7 Å². The van der Waals surface area contributed by atoms with E-state index in [-0.39, 0.29) is 17.3 Å². The fourth-order valence-corrected chi connectivity index (χ4v) is 3.86. The third-order valence-corrected chi connectivity index (χ3v) is 5.37. The lowest BCUT2D eigenvalue weighted by molar-refractivity contribution is -0.384. The number of carbonyl (C=O) groups is 1. The number of thiophene rings is 1. The van der Waals surface area contributed by atoms with Crippen LogP contribution in [-0.2, 0) is 0 Å². The van der Waals surface area contributed by atoms with Crippen molar-refractivity contribution in [1.82, 2.24) is 4.98 Å². The molecule has 0 atom stereocenters. The van der Waals surface area contributed by atoms with Gasteiger partial charge in [-0.25, -0.2) is 4.98 Å². The number of non-ortho nitro benzene ring substituents is 1. The predicted octanol–water partition coefficient (Wildman–Crippen LogP) is 4.93. The SMILES string of the molecule is COc1ccc([N+](=O)[O-])cc1NC(=O)c1cc2cc3ccc(C)cc3nc2s1. The molecular weight excluding hydrogens is 378 g/mol. The lowest BCUT2D eigenvalue weighted by Crippen LogP contribution is -2.11. The second-order valence-electron chi connectivity index (χ2n) is 6.29. The monoisotopic (exact) mass is 393 g/mol. The van der Waals surface area contributed by atoms with Gasteiger partial charge in [0, 0.05) is 22.9 Å². The molecule has 2 aromatic heterocycles. The Balaban J connectivity index is 1.70. The molecule has 0 fully saturated rings. The van der Waals surface area contributed by atoms with Gasteiger partial charge in [-0.15, -0.1) is 11.3 Å². The molecule has 2 heterocycles. The van der Waals surface area contributed by atoms with E-state index in [1.54, 1.807) is 6.07 Å². The van der Waals surface area contributed by atoms with Crippen LogP contribution >= 0.6 is 11.3 Å². The zero-order valence-electron chi connectivity index (χ0n) is 15.1. The number of nitro benzene ring substituents is 1. The minimum Gasteiger partial charge on any atom is -0.495 e. The zero-order valence-corrected chi connectivity index (χ0v) is 15.9. The summed E-state index contributed by atoms with van der Waals surface area (Å²) in [7, 11) is 1.44. The van der Waals surface area contributed by atoms with Crippen LogP contribution in [0, 0.1) is 17.0 Å². The van der Waals surface area contributed by atoms with E-state index in [9.17, 15) is 14.9 Å². The number of aromatic nitrogens is 1. The fourth-order valence-electron chi connectivity index (χ4n) is 2.94. The predicted molar refractivity (Wildman–Crippen MR) is 109 cm³/mol. The average molecular weight is 393 g/mol. The highest BCUT2D eigenvalue weighted by molar-refractivity contribution is 7.20. The molecular formula is C20H15N3O4S. The van der Waals surface area contributed by atoms with Crippen LogP contribution in [0.25, 0.3) is 21.1 Å². The van der Waals surface area contributed by atoms with Gasteiger partial charge in [0.1, 0.15) is 10.6 Å². The third kappa shape index (κ3) is 3.25. The maximum Gasteiger partial charge on any atom is 0.271 e. The molecule has 28 heavy (non-hydrogen) atoms. The Morgan fingerprint density at radius 3 is 2.71 bits per heavy atom. The van der Waals surface area contributed by atoms with E-state index in [0.29, 0.717) is 10.6 Å². The maximum atomic E-state index is 12.7. The van der Waals surface area contributed by atoms with E-state index in [4.69, 9.17) is 4.74 Å². The summed E-state index contributed by atoms with van der Waals surface area (Å²) in [5, 5.41) is 15.6. The largest absolute Gasteiger partial charge is 0.495 e. The summed E-state index contributed by atoms with van der Waals surface area (Å²) in [4.78, 5) is 29.1. The molecule has 2 aromatic carbocycles. The van der Waals surface area contributed by atoms with Gasteiger partial charge in [-0.3, -0.25) is 14.9 Å². The first kappa shape index (κ1) is 17.9. The van der Waals surface area contributed by atoms with Crippen molar-refractivity contribution in [3.8, 4) is 5.75 Å². The van der Waals surface area contributed by atoms with Crippen LogP contribution in [0.1, 0.15) is 15.2 Å². The number of aryl methyl sites for hydroxylation is 1. The second-order valence-corrected chi connectivity index (χ2v) is 7.32. The maximum absolute atomic E-state index is 12.7. The Morgan fingerprint density at radius 1 is 1.14 bits per heavy atom. The van der Waals surface area contributed by atoms with Crippen LogP contribution in [0.15, 0.2) is 48.5 Å². The van der Waals surface area contributed by atoms with Crippen molar-refractivity contribution in [2.24, 2.45) is 0 Å². The smallest absolute Gasteiger partial charge is 0.271 e. The second kappa shape index (κ2) is 6.90. The highest BCUT2D eigenvalue weighted by Gasteiger charge is 2.17. The summed E-state index contributed by atoms with van der Waals surface area (Å²) >= 11 is 1.27. The van der Waals surface area contributed by atoms with Gasteiger partial charge in [-0.2, -0.15) is 0 Å². The van der Waals surface area contributed by atoms with Gasteiger partial charge in [-0.05, 0) is 36.8 Å². The molecule has 1 amide bonds. The molecule has 7 nitrogen and oxygen atoms in total. The summed E-state index contributed by atoms with van der Waals surface area (Å²) in [5.41, 5.74) is 2.11. The number of fused-ring (bicyclic) bond motifs is 2. The van der Waals surface area contributed by atoms with Crippen molar-refractivity contribution < 1.29 is 14.5 Å². The minimum atomic E-state index is -0.522. The van der Waals surface area contributed by atoms with E-state index in [0.717, 1.165) is 26.7 Å². The van der Waals surface area contributed by atoms with E-state index in [1.165, 1.54) is 36.6 Å². The molecule has 1 N–H and O–H groups in total. The summed E-state index contributed by atoms with van der Waals surface area (Å²) in [6.45, 7) is 2.01. The minimum absolute atomic E-state index is 0.129. The molecule has 0 bridgehead atoms. The molecule has 0 aliphatic heterocycles. The van der Waals surface area contributed by atoms with Gasteiger partial charge in [0.25, 0.3) is 11.6 Å². The van der Waals surface area contributed by atoms with Crippen LogP contribution in [0.3, 0.4) is 0 Å². The van der Waals surface area contributed by atoms with Gasteiger partial charge in [0.15, 0.2) is 0 Å². The lowest BCUT2D eigenvalue weighted by atomic mass is 10.1. The molecule has 0 unspecified atom stereocenters. The van der Waals surface area contributed by atoms with Gasteiger partial charge in [0.2, 0.25) is 0 Å². The molecule has 8 heteroatoms. The highest BCUT2D eigenvalue weighted by atomic mass is 32.1. The van der Waals surface area contributed by atoms with Crippen LogP contribution in [0.2, 0.25) is 0 Å². The topological polar surface area (TPSA) is 94.4 Å². The Labute approximate surface area is 163 Å². The van der Waals surface area contributed by atoms with Crippen molar-refractivity contribution in [1.29, 1.82) is 0 Å². The van der Waals surface area contributed by atoms with Gasteiger partial charge < -0.3 is 10.1 Å². The number of hydrogen-bond donors (Lipinski definition) is 1. The Bertz CT molecular complexity index is 1250. The van der Waals surface area contributed by atoms with Crippen molar-refractivity contribution in [3.63, 3.8) is 0 Å². The quantitative estimate of drug-likeness (QED) is 0.392. The van der Waals surface area contributed by atoms with Crippen molar-refractivity contribution in [2.75, 3.05) is 12.4 Å². The fraction of sp³-hybridized carbons (Fsp3) is 0.100. The first-order valence-corrected chi connectivity index (χ1v) is 9.21. The molecule has 0 radical (unpaired) electrons. The number of nitrogens with one attached hydrogen (secondary N) is 1. The number of nitrogens with zero attached hydrogens (tertiary/aromatic N) is 2. The summed E-state index contributed by atoms with van der Waals surface area (Å²) < 4.78 is 5.19. The first-order valence-electron chi connectivity index (χ1n) is 8.39. The molecule has 0 aliphatic carbocycles. The van der Waals surface area contributed by atoms with Gasteiger partial charge in [0.05, 0.1) is 28.1 Å². The number of hydrogen-bond acceptors (Lipinski definition) is 6. The standard InChI is InChI=1S/C20H15N3O4S/c1-11-3-4-12-8-13-9-18(28-20(13)22-15(12)7-11)19(24)21-16-10-14(23(25)26)5-6-17(16)27-2/h3-10H,1-2H3,(H,21,24). The van der Waals surface area contributed by atoms with Crippen molar-refractivity contribution in [2.45, 2.75) is 6.92 Å². The average Bonchev–Trinajstić information content (AvgIpc) is 3.09. The molecule has 0 saturated carbocycles. The first-order chi connectivity index (χ1) is 13.4. The van der Waals surface area contributed by atoms with Crippen LogP contribution in [-0.4, -0.2) is 22.9 Å². The van der Waals surface area contributed by atoms with Crippen LogP contribution < -0.4 is 10.1 Å². The van der Waals surface area contributed by atoms with E-state index in [1.807, 2.05) is 31.2 Å². The number of amides is 1. The lowest BCUT2D eigenvalue weighted by Gasteiger charge is -2.09. The number of ether oxygens (including phenoxy) is 1. The summed E-state index contributed by atoms with van der Waals surface area (Å²) in [6, 6.07) is 13.8. The Morgan fingerprint density at radius 2 is 1.96 bits per heavy atom. The number of benzene rings is 2. The Kier molecular flexibility index (Phi) is 4.40. The molecule has 140 valence electrons. The van der Waals surface area contributed by atoms with E-state index < -0.39 is 4.92 Å². The molecule has 0 aliphatic rings. The van der Waals surface area contributed by atoms with Gasteiger partial charge >= 0.3 is 0 Å². The number of nitro groups is 1. The third-order valence-electron chi connectivity index (χ3n) is 4.32. The van der Waals surface area contributed by atoms with E-state index in [2.05, 4.69) is 10.3 Å². The number of anilines is 1. The number of methoxy groups -OCH3 is 1. The molecule has 4 aromatic rings. The number of pyridine rings is 1. The van der Waals surface area contributed by atoms with Gasteiger partial charge in [-0.1, -0.05) is 12.1 Å². The summed E-state index contributed by atoms with van der Waals surface area (Å²) in [5.74, 6) is -0.0264. The summed E-state index contributed by atoms with van der Waals surface area (Å²) in [6.07, 6.45) is 0. The molecule has 0 saturated heterocycles.